The topological polar surface area (TPSA) is 77.8 Å². The van der Waals surface area contributed by atoms with E-state index in [0.717, 1.165) is 13.6 Å². The molecule has 0 saturated carbocycles. The molecule has 4 N–H and O–H groups in total. The molecule has 4 nitrogen and oxygen atoms in total. The van der Waals surface area contributed by atoms with Gasteiger partial charge in [0, 0.05) is 4.90 Å². The number of aromatic nitrogens is 2. The lowest BCUT2D eigenvalue weighted by molar-refractivity contribution is 0.956. The first kappa shape index (κ1) is 11.6. The van der Waals surface area contributed by atoms with Crippen LogP contribution in [0.2, 0.25) is 0 Å². The van der Waals surface area contributed by atoms with Crippen LogP contribution in [0.5, 0.6) is 0 Å². The van der Waals surface area contributed by atoms with Gasteiger partial charge in [0.05, 0.1) is 11.4 Å². The number of nitrogens with two attached hydrogens (primary N) is 2. The lowest BCUT2D eigenvalue weighted by Gasteiger charge is -2.01. The van der Waals surface area contributed by atoms with Crippen molar-refractivity contribution in [2.45, 2.75) is 13.6 Å². The molecule has 16 heavy (non-hydrogen) atoms. The first-order valence-electron chi connectivity index (χ1n) is 4.39. The van der Waals surface area contributed by atoms with Gasteiger partial charge in [-0.1, -0.05) is 34.9 Å². The smallest absolute Gasteiger partial charge is 0.179 e. The predicted octanol–water partition coefficient (Wildman–Crippen LogP) is 2.58. The number of benzene rings is 1. The van der Waals surface area contributed by atoms with Crippen molar-refractivity contribution in [1.82, 2.24) is 10.2 Å². The van der Waals surface area contributed by atoms with Gasteiger partial charge in [-0.25, -0.2) is 0 Å². The molecule has 1 aromatic carbocycles. The zero-order valence-corrected chi connectivity index (χ0v) is 11.0. The highest BCUT2D eigenvalue weighted by atomic mass is 32.2. The predicted molar refractivity (Wildman–Crippen MR) is 71.1 cm³/mol. The van der Waals surface area contributed by atoms with Crippen molar-refractivity contribution in [3.8, 4) is 0 Å². The number of hydrogen-bond acceptors (Lipinski definition) is 7. The third kappa shape index (κ3) is 2.60. The van der Waals surface area contributed by atoms with Gasteiger partial charge < -0.3 is 11.5 Å². The van der Waals surface area contributed by atoms with Gasteiger partial charge in [-0.3, -0.25) is 0 Å². The Morgan fingerprint density at radius 3 is 2.50 bits per heavy atom. The SMILES string of the molecule is CSc1nnc(Sc2ccc(N)c(N)c2)s1. The summed E-state index contributed by atoms with van der Waals surface area (Å²) in [4.78, 5) is 1.02. The highest BCUT2D eigenvalue weighted by molar-refractivity contribution is 8.03. The molecule has 2 aromatic rings. The maximum Gasteiger partial charge on any atom is 0.179 e. The van der Waals surface area contributed by atoms with Crippen molar-refractivity contribution in [2.75, 3.05) is 17.7 Å². The third-order valence-electron chi connectivity index (χ3n) is 1.83. The largest absolute Gasteiger partial charge is 0.397 e. The van der Waals surface area contributed by atoms with Crippen LogP contribution in [-0.4, -0.2) is 16.5 Å². The fourth-order valence-corrected chi connectivity index (χ4v) is 3.50. The van der Waals surface area contributed by atoms with E-state index in [4.69, 9.17) is 11.5 Å². The molecule has 0 atom stereocenters. The number of hydrogen-bond donors (Lipinski definition) is 2. The molecule has 0 fully saturated rings. The van der Waals surface area contributed by atoms with Crippen molar-refractivity contribution in [3.63, 3.8) is 0 Å². The van der Waals surface area contributed by atoms with E-state index in [1.165, 1.54) is 0 Å². The second-order valence-corrected chi connectivity index (χ2v) is 6.28. The Morgan fingerprint density at radius 1 is 1.12 bits per heavy atom. The van der Waals surface area contributed by atoms with E-state index in [1.807, 2.05) is 18.4 Å². The lowest BCUT2D eigenvalue weighted by atomic mass is 10.3. The maximum absolute atomic E-state index is 5.73. The summed E-state index contributed by atoms with van der Waals surface area (Å²) in [5, 5.41) is 8.10. The number of rotatable bonds is 3. The number of thioether (sulfide) groups is 1. The summed E-state index contributed by atoms with van der Waals surface area (Å²) in [7, 11) is 0. The second-order valence-electron chi connectivity index (χ2n) is 2.93. The molecule has 0 aliphatic carbocycles. The van der Waals surface area contributed by atoms with E-state index in [1.54, 1.807) is 40.9 Å². The average molecular weight is 270 g/mol. The quantitative estimate of drug-likeness (QED) is 0.659. The standard InChI is InChI=1S/C9H10N4S3/c1-14-8-12-13-9(16-8)15-5-2-3-6(10)7(11)4-5/h2-4H,10-11H2,1H3. The van der Waals surface area contributed by atoms with Crippen molar-refractivity contribution < 1.29 is 0 Å². The molecule has 0 radical (unpaired) electrons. The highest BCUT2D eigenvalue weighted by Gasteiger charge is 2.06. The van der Waals surface area contributed by atoms with E-state index in [2.05, 4.69) is 10.2 Å². The van der Waals surface area contributed by atoms with Gasteiger partial charge in [0.2, 0.25) is 0 Å². The minimum atomic E-state index is 0.597. The Bertz CT molecular complexity index is 497. The van der Waals surface area contributed by atoms with Crippen LogP contribution < -0.4 is 11.5 Å². The fourth-order valence-electron chi connectivity index (χ4n) is 1.04. The number of nitrogen functional groups attached to an aromatic ring is 2. The zero-order chi connectivity index (χ0) is 11.5. The van der Waals surface area contributed by atoms with Crippen LogP contribution in [-0.2, 0) is 0 Å². The highest BCUT2D eigenvalue weighted by Crippen LogP contribution is 2.34. The molecule has 0 spiro atoms. The summed E-state index contributed by atoms with van der Waals surface area (Å²) in [6.45, 7) is 0. The minimum absolute atomic E-state index is 0.597. The van der Waals surface area contributed by atoms with Crippen LogP contribution in [0.25, 0.3) is 0 Å². The monoisotopic (exact) mass is 270 g/mol. The van der Waals surface area contributed by atoms with Crippen LogP contribution in [0.1, 0.15) is 0 Å². The summed E-state index contributed by atoms with van der Waals surface area (Å²) < 4.78 is 1.87. The molecule has 1 aromatic heterocycles. The molecule has 0 aliphatic rings. The van der Waals surface area contributed by atoms with Crippen molar-refractivity contribution in [1.29, 1.82) is 0 Å². The van der Waals surface area contributed by atoms with E-state index < -0.39 is 0 Å². The van der Waals surface area contributed by atoms with Gasteiger partial charge in [0.15, 0.2) is 8.68 Å². The summed E-state index contributed by atoms with van der Waals surface area (Å²) in [5.74, 6) is 0. The Balaban J connectivity index is 2.17. The second kappa shape index (κ2) is 4.94. The van der Waals surface area contributed by atoms with Crippen LogP contribution in [0.4, 0.5) is 11.4 Å². The lowest BCUT2D eigenvalue weighted by Crippen LogP contribution is -1.93. The van der Waals surface area contributed by atoms with Gasteiger partial charge in [0.1, 0.15) is 0 Å². The molecular formula is C9H10N4S3. The fraction of sp³-hybridized carbons (Fsp3) is 0.111. The van der Waals surface area contributed by atoms with Gasteiger partial charge in [-0.15, -0.1) is 10.2 Å². The van der Waals surface area contributed by atoms with Crippen LogP contribution in [0.15, 0.2) is 31.8 Å². The van der Waals surface area contributed by atoms with Crippen molar-refractivity contribution in [3.05, 3.63) is 18.2 Å². The third-order valence-corrected chi connectivity index (χ3v) is 4.77. The molecule has 0 aliphatic heterocycles. The normalized spacial score (nSPS) is 10.6. The van der Waals surface area contributed by atoms with Gasteiger partial charge in [0.25, 0.3) is 0 Å². The average Bonchev–Trinajstić information content (AvgIpc) is 2.71. The molecule has 0 unspecified atom stereocenters. The first-order valence-corrected chi connectivity index (χ1v) is 7.25. The molecule has 0 amide bonds. The van der Waals surface area contributed by atoms with Crippen molar-refractivity contribution >= 4 is 46.2 Å². The molecule has 0 bridgehead atoms. The van der Waals surface area contributed by atoms with E-state index in [-0.39, 0.29) is 0 Å². The van der Waals surface area contributed by atoms with E-state index in [9.17, 15) is 0 Å². The van der Waals surface area contributed by atoms with Gasteiger partial charge >= 0.3 is 0 Å². The Labute approximate surface area is 106 Å². The van der Waals surface area contributed by atoms with E-state index in [0.29, 0.717) is 11.4 Å². The maximum atomic E-state index is 5.73. The van der Waals surface area contributed by atoms with Crippen molar-refractivity contribution in [2.24, 2.45) is 0 Å². The Morgan fingerprint density at radius 2 is 1.88 bits per heavy atom. The van der Waals surface area contributed by atoms with Crippen LogP contribution in [0.3, 0.4) is 0 Å². The molecular weight excluding hydrogens is 260 g/mol. The summed E-state index contributed by atoms with van der Waals surface area (Å²) in [6.07, 6.45) is 1.98. The molecule has 0 saturated heterocycles. The summed E-state index contributed by atoms with van der Waals surface area (Å²) in [5.41, 5.74) is 12.6. The molecule has 1 heterocycles. The number of anilines is 2. The first-order chi connectivity index (χ1) is 7.69. The van der Waals surface area contributed by atoms with Gasteiger partial charge in [-0.05, 0) is 24.5 Å². The summed E-state index contributed by atoms with van der Waals surface area (Å²) in [6, 6.07) is 5.57. The number of nitrogens with zero attached hydrogens (tertiary/aromatic N) is 2. The van der Waals surface area contributed by atoms with Crippen LogP contribution in [0, 0.1) is 0 Å². The van der Waals surface area contributed by atoms with E-state index >= 15 is 0 Å². The molecule has 84 valence electrons. The zero-order valence-electron chi connectivity index (χ0n) is 8.51. The minimum Gasteiger partial charge on any atom is -0.397 e. The summed E-state index contributed by atoms with van der Waals surface area (Å²) >= 11 is 4.70. The van der Waals surface area contributed by atoms with Crippen LogP contribution >= 0.6 is 34.9 Å². The van der Waals surface area contributed by atoms with Gasteiger partial charge in [-0.2, -0.15) is 0 Å². The molecule has 7 heteroatoms. The Hall–Kier alpha value is -0.920. The Kier molecular flexibility index (Phi) is 3.57. The molecule has 2 rings (SSSR count).